The molecule has 1 aromatic carbocycles. The van der Waals surface area contributed by atoms with E-state index in [1.165, 1.54) is 11.0 Å². The van der Waals surface area contributed by atoms with E-state index < -0.39 is 23.7 Å². The average molecular weight is 488 g/mol. The predicted molar refractivity (Wildman–Crippen MR) is 116 cm³/mol. The number of benzene rings is 1. The van der Waals surface area contributed by atoms with Crippen LogP contribution in [0.5, 0.6) is 5.75 Å². The summed E-state index contributed by atoms with van der Waals surface area (Å²) in [5.41, 5.74) is 1.20. The maximum absolute atomic E-state index is 12.8. The predicted octanol–water partition coefficient (Wildman–Crippen LogP) is 2.34. The third-order valence-corrected chi connectivity index (χ3v) is 6.66. The molecule has 3 aliphatic heterocycles. The van der Waals surface area contributed by atoms with Gasteiger partial charge in [-0.15, -0.1) is 0 Å². The Kier molecular flexibility index (Phi) is 5.96. The summed E-state index contributed by atoms with van der Waals surface area (Å²) < 4.78 is 43.9. The number of ether oxygens (including phenoxy) is 1. The molecular formula is C24H23F3N4O4. The number of nitrogens with one attached hydrogen (secondary N) is 1. The average Bonchev–Trinajstić information content (AvgIpc) is 3.10. The normalized spacial score (nSPS) is 21.1. The summed E-state index contributed by atoms with van der Waals surface area (Å²) in [4.78, 5) is 43.9. The first kappa shape index (κ1) is 23.3. The van der Waals surface area contributed by atoms with Crippen LogP contribution in [0, 0.1) is 0 Å². The minimum Gasteiger partial charge on any atom is -0.492 e. The zero-order chi connectivity index (χ0) is 24.7. The lowest BCUT2D eigenvalue weighted by Gasteiger charge is -2.38. The first-order valence-corrected chi connectivity index (χ1v) is 11.3. The van der Waals surface area contributed by atoms with E-state index in [-0.39, 0.29) is 30.7 Å². The Balaban J connectivity index is 1.10. The van der Waals surface area contributed by atoms with Gasteiger partial charge in [0.1, 0.15) is 18.4 Å². The number of imide groups is 1. The molecule has 0 saturated carbocycles. The third kappa shape index (κ3) is 4.72. The van der Waals surface area contributed by atoms with Crippen molar-refractivity contribution in [2.75, 3.05) is 26.2 Å². The Hall–Kier alpha value is -3.47. The first-order valence-electron chi connectivity index (χ1n) is 11.3. The maximum atomic E-state index is 12.8. The highest BCUT2D eigenvalue weighted by Crippen LogP contribution is 2.32. The Bertz CT molecular complexity index is 1160. The van der Waals surface area contributed by atoms with Crippen LogP contribution in [-0.4, -0.2) is 64.8 Å². The van der Waals surface area contributed by atoms with Crippen molar-refractivity contribution in [1.29, 1.82) is 0 Å². The number of hydrogen-bond acceptors (Lipinski definition) is 6. The van der Waals surface area contributed by atoms with Crippen LogP contribution in [0.4, 0.5) is 13.2 Å². The minimum absolute atomic E-state index is 0.0987. The first-order chi connectivity index (χ1) is 16.7. The van der Waals surface area contributed by atoms with Crippen molar-refractivity contribution in [2.45, 2.75) is 37.5 Å². The monoisotopic (exact) mass is 488 g/mol. The van der Waals surface area contributed by atoms with E-state index in [0.29, 0.717) is 49.7 Å². The standard InChI is InChI=1S/C24H23F3N4O4/c25-24(26,27)16-1-4-19(28-10-16)15-11-30(12-15)7-8-35-17-2-3-18-14(9-17)13-31(23(18)34)20-5-6-21(32)29-22(20)33/h1-4,9-10,15,20H,5-8,11-13H2,(H,29,32,33)/t20-/m0/s1. The van der Waals surface area contributed by atoms with Gasteiger partial charge >= 0.3 is 6.18 Å². The summed E-state index contributed by atoms with van der Waals surface area (Å²) in [5.74, 6) is -0.289. The molecule has 2 fully saturated rings. The van der Waals surface area contributed by atoms with E-state index >= 15 is 0 Å². The number of hydrogen-bond donors (Lipinski definition) is 1. The maximum Gasteiger partial charge on any atom is 0.417 e. The zero-order valence-electron chi connectivity index (χ0n) is 18.7. The van der Waals surface area contributed by atoms with Gasteiger partial charge in [0.15, 0.2) is 0 Å². The van der Waals surface area contributed by atoms with E-state index in [0.717, 1.165) is 17.8 Å². The lowest BCUT2D eigenvalue weighted by molar-refractivity contribution is -0.138. The zero-order valence-corrected chi connectivity index (χ0v) is 18.7. The Morgan fingerprint density at radius 2 is 1.91 bits per heavy atom. The molecule has 35 heavy (non-hydrogen) atoms. The Morgan fingerprint density at radius 1 is 1.11 bits per heavy atom. The number of carbonyl (C=O) groups excluding carboxylic acids is 3. The molecule has 2 saturated heterocycles. The van der Waals surface area contributed by atoms with E-state index in [1.54, 1.807) is 18.2 Å². The summed E-state index contributed by atoms with van der Waals surface area (Å²) >= 11 is 0. The summed E-state index contributed by atoms with van der Waals surface area (Å²) in [7, 11) is 0. The van der Waals surface area contributed by atoms with Gasteiger partial charge in [-0.3, -0.25) is 29.6 Å². The van der Waals surface area contributed by atoms with E-state index in [9.17, 15) is 27.6 Å². The lowest BCUT2D eigenvalue weighted by Crippen LogP contribution is -2.52. The van der Waals surface area contributed by atoms with Crippen molar-refractivity contribution in [3.63, 3.8) is 0 Å². The number of aromatic nitrogens is 1. The van der Waals surface area contributed by atoms with Crippen LogP contribution in [0.3, 0.4) is 0 Å². The molecule has 1 aromatic heterocycles. The number of piperidine rings is 1. The van der Waals surface area contributed by atoms with Gasteiger partial charge in [-0.1, -0.05) is 0 Å². The molecule has 1 N–H and O–H groups in total. The molecule has 0 radical (unpaired) electrons. The largest absolute Gasteiger partial charge is 0.492 e. The number of alkyl halides is 3. The number of likely N-dealkylation sites (tertiary alicyclic amines) is 1. The van der Waals surface area contributed by atoms with Crippen LogP contribution in [0.25, 0.3) is 0 Å². The van der Waals surface area contributed by atoms with E-state index in [2.05, 4.69) is 15.2 Å². The second-order valence-electron chi connectivity index (χ2n) is 8.99. The van der Waals surface area contributed by atoms with Crippen molar-refractivity contribution < 1.29 is 32.3 Å². The highest BCUT2D eigenvalue weighted by atomic mass is 19.4. The SMILES string of the molecule is O=C1CC[C@H](N2Cc3cc(OCCN4CC(c5ccc(C(F)(F)F)cn5)C4)ccc3C2=O)C(=O)N1. The number of halogens is 3. The molecule has 0 spiro atoms. The molecule has 3 amide bonds. The fourth-order valence-corrected chi connectivity index (χ4v) is 4.69. The summed E-state index contributed by atoms with van der Waals surface area (Å²) in [5, 5.41) is 2.29. The molecular weight excluding hydrogens is 465 g/mol. The minimum atomic E-state index is -4.39. The summed E-state index contributed by atoms with van der Waals surface area (Å²) in [6.07, 6.45) is -2.99. The molecule has 0 unspecified atom stereocenters. The number of carbonyl (C=O) groups is 3. The molecule has 0 aliphatic carbocycles. The Labute approximate surface area is 199 Å². The van der Waals surface area contributed by atoms with Crippen LogP contribution < -0.4 is 10.1 Å². The van der Waals surface area contributed by atoms with Crippen molar-refractivity contribution in [3.05, 3.63) is 58.9 Å². The molecule has 3 aliphatic rings. The lowest BCUT2D eigenvalue weighted by atomic mass is 9.95. The number of fused-ring (bicyclic) bond motifs is 1. The fourth-order valence-electron chi connectivity index (χ4n) is 4.69. The van der Waals surface area contributed by atoms with Crippen LogP contribution in [-0.2, 0) is 22.3 Å². The topological polar surface area (TPSA) is 91.8 Å². The van der Waals surface area contributed by atoms with Crippen LogP contribution in [0.15, 0.2) is 36.5 Å². The van der Waals surface area contributed by atoms with Gasteiger partial charge in [0.05, 0.1) is 5.56 Å². The fraction of sp³-hybridized carbons (Fsp3) is 0.417. The van der Waals surface area contributed by atoms with Gasteiger partial charge in [0.25, 0.3) is 5.91 Å². The van der Waals surface area contributed by atoms with Crippen LogP contribution in [0.1, 0.15) is 45.9 Å². The van der Waals surface area contributed by atoms with E-state index in [4.69, 9.17) is 4.74 Å². The number of rotatable bonds is 6. The van der Waals surface area contributed by atoms with Gasteiger partial charge < -0.3 is 9.64 Å². The molecule has 5 rings (SSSR count). The number of amides is 3. The number of nitrogens with zero attached hydrogens (tertiary/aromatic N) is 3. The third-order valence-electron chi connectivity index (χ3n) is 6.66. The van der Waals surface area contributed by atoms with Gasteiger partial charge in [0, 0.05) is 56.0 Å². The summed E-state index contributed by atoms with van der Waals surface area (Å²) in [6.45, 7) is 2.74. The second kappa shape index (κ2) is 8.95. The number of pyridine rings is 1. The molecule has 4 heterocycles. The molecule has 2 aromatic rings. The van der Waals surface area contributed by atoms with Crippen LogP contribution >= 0.6 is 0 Å². The summed E-state index contributed by atoms with van der Waals surface area (Å²) in [6, 6.07) is 7.05. The molecule has 1 atom stereocenters. The van der Waals surface area contributed by atoms with Crippen LogP contribution in [0.2, 0.25) is 0 Å². The van der Waals surface area contributed by atoms with Crippen molar-refractivity contribution in [2.24, 2.45) is 0 Å². The van der Waals surface area contributed by atoms with Gasteiger partial charge in [-0.05, 0) is 42.3 Å². The van der Waals surface area contributed by atoms with Crippen molar-refractivity contribution >= 4 is 17.7 Å². The molecule has 184 valence electrons. The second-order valence-corrected chi connectivity index (χ2v) is 8.99. The molecule has 11 heteroatoms. The van der Waals surface area contributed by atoms with Gasteiger partial charge in [-0.2, -0.15) is 13.2 Å². The highest BCUT2D eigenvalue weighted by Gasteiger charge is 2.39. The quantitative estimate of drug-likeness (QED) is 0.628. The van der Waals surface area contributed by atoms with E-state index in [1.807, 2.05) is 0 Å². The Morgan fingerprint density at radius 3 is 2.60 bits per heavy atom. The molecule has 8 nitrogen and oxygen atoms in total. The smallest absolute Gasteiger partial charge is 0.417 e. The van der Waals surface area contributed by atoms with Gasteiger partial charge in [-0.25, -0.2) is 0 Å². The highest BCUT2D eigenvalue weighted by molar-refractivity contribution is 6.05. The molecule has 0 bridgehead atoms. The van der Waals surface area contributed by atoms with Crippen molar-refractivity contribution in [3.8, 4) is 5.75 Å². The van der Waals surface area contributed by atoms with Crippen molar-refractivity contribution in [1.82, 2.24) is 20.1 Å². The van der Waals surface area contributed by atoms with Gasteiger partial charge in [0.2, 0.25) is 11.8 Å².